The van der Waals surface area contributed by atoms with Crippen molar-refractivity contribution in [1.82, 2.24) is 10.2 Å². The molecule has 0 bridgehead atoms. The van der Waals surface area contributed by atoms with E-state index in [1.807, 2.05) is 4.90 Å². The molecule has 1 fully saturated rings. The van der Waals surface area contributed by atoms with Crippen molar-refractivity contribution in [2.45, 2.75) is 13.0 Å². The van der Waals surface area contributed by atoms with Gasteiger partial charge in [-0.25, -0.2) is 13.2 Å². The van der Waals surface area contributed by atoms with Gasteiger partial charge in [-0.15, -0.1) is 24.8 Å². The normalized spacial score (nSPS) is 17.3. The number of rotatable bonds is 2. The first-order chi connectivity index (χ1) is 8.11. The molecule has 1 atom stereocenters. The number of piperazine rings is 1. The lowest BCUT2D eigenvalue weighted by Gasteiger charge is -2.33. The number of nitrogens with zero attached hydrogens (tertiary/aromatic N) is 1. The van der Waals surface area contributed by atoms with Crippen LogP contribution in [0.25, 0.3) is 0 Å². The fraction of sp³-hybridized carbons (Fsp3) is 0.500. The molecule has 0 aliphatic carbocycles. The number of hydrogen-bond acceptors (Lipinski definition) is 2. The van der Waals surface area contributed by atoms with Gasteiger partial charge in [0.05, 0.1) is 0 Å². The second-order valence-corrected chi connectivity index (χ2v) is 4.22. The summed E-state index contributed by atoms with van der Waals surface area (Å²) in [4.78, 5) is 1.94. The second kappa shape index (κ2) is 7.94. The molecule has 0 spiro atoms. The monoisotopic (exact) mass is 316 g/mol. The van der Waals surface area contributed by atoms with E-state index in [9.17, 15) is 13.2 Å². The largest absolute Gasteiger partial charge is 0.314 e. The van der Waals surface area contributed by atoms with Crippen molar-refractivity contribution in [1.29, 1.82) is 0 Å². The molecule has 2 nitrogen and oxygen atoms in total. The summed E-state index contributed by atoms with van der Waals surface area (Å²) in [6.45, 7) is 4.67. The standard InChI is InChI=1S/C12H15F3N2.2ClH/c1-8(17-6-4-16-5-7-17)11-9(13)2-3-10(14)12(11)15;;/h2-3,8,16H,4-7H2,1H3;2*1H/t8-;;/m1../s1. The average molecular weight is 317 g/mol. The first-order valence-electron chi connectivity index (χ1n) is 5.69. The number of halogens is 5. The van der Waals surface area contributed by atoms with E-state index < -0.39 is 23.5 Å². The van der Waals surface area contributed by atoms with Crippen molar-refractivity contribution in [2.75, 3.05) is 26.2 Å². The van der Waals surface area contributed by atoms with E-state index in [2.05, 4.69) is 5.32 Å². The van der Waals surface area contributed by atoms with Crippen LogP contribution in [0.3, 0.4) is 0 Å². The molecular formula is C12H17Cl2F3N2. The summed E-state index contributed by atoms with van der Waals surface area (Å²) < 4.78 is 40.3. The average Bonchev–Trinajstić information content (AvgIpc) is 2.35. The molecule has 19 heavy (non-hydrogen) atoms. The molecule has 1 aromatic rings. The van der Waals surface area contributed by atoms with E-state index in [0.29, 0.717) is 13.1 Å². The lowest BCUT2D eigenvalue weighted by atomic mass is 10.0. The maximum absolute atomic E-state index is 13.6. The van der Waals surface area contributed by atoms with Gasteiger partial charge >= 0.3 is 0 Å². The van der Waals surface area contributed by atoms with Crippen LogP contribution in [0.2, 0.25) is 0 Å². The van der Waals surface area contributed by atoms with Crippen molar-refractivity contribution < 1.29 is 13.2 Å². The maximum Gasteiger partial charge on any atom is 0.166 e. The van der Waals surface area contributed by atoms with Crippen LogP contribution >= 0.6 is 24.8 Å². The predicted octanol–water partition coefficient (Wildman–Crippen LogP) is 2.91. The van der Waals surface area contributed by atoms with Crippen molar-refractivity contribution >= 4 is 24.8 Å². The van der Waals surface area contributed by atoms with E-state index in [-0.39, 0.29) is 30.4 Å². The Hall–Kier alpha value is -0.490. The van der Waals surface area contributed by atoms with E-state index >= 15 is 0 Å². The van der Waals surface area contributed by atoms with Crippen molar-refractivity contribution in [2.24, 2.45) is 0 Å². The number of benzene rings is 1. The molecule has 110 valence electrons. The van der Waals surface area contributed by atoms with E-state index in [1.165, 1.54) is 0 Å². The van der Waals surface area contributed by atoms with Gasteiger partial charge in [-0.05, 0) is 19.1 Å². The Morgan fingerprint density at radius 2 is 1.58 bits per heavy atom. The first kappa shape index (κ1) is 18.5. The quantitative estimate of drug-likeness (QED) is 0.844. The van der Waals surface area contributed by atoms with Gasteiger partial charge < -0.3 is 5.32 Å². The van der Waals surface area contributed by atoms with E-state index in [4.69, 9.17) is 0 Å². The molecule has 1 heterocycles. The molecule has 1 saturated heterocycles. The van der Waals surface area contributed by atoms with Gasteiger partial charge in [-0.2, -0.15) is 0 Å². The van der Waals surface area contributed by atoms with Gasteiger partial charge in [0.15, 0.2) is 11.6 Å². The molecule has 1 aromatic carbocycles. The third kappa shape index (κ3) is 3.99. The molecule has 0 radical (unpaired) electrons. The minimum absolute atomic E-state index is 0. The van der Waals surface area contributed by atoms with Gasteiger partial charge in [0, 0.05) is 37.8 Å². The molecule has 0 unspecified atom stereocenters. The zero-order chi connectivity index (χ0) is 12.4. The maximum atomic E-state index is 13.6. The number of nitrogens with one attached hydrogen (secondary N) is 1. The van der Waals surface area contributed by atoms with Crippen LogP contribution in [0, 0.1) is 17.5 Å². The minimum Gasteiger partial charge on any atom is -0.314 e. The van der Waals surface area contributed by atoms with Crippen LogP contribution in [-0.4, -0.2) is 31.1 Å². The Morgan fingerprint density at radius 3 is 2.16 bits per heavy atom. The Balaban J connectivity index is 0.00000162. The molecule has 1 aliphatic rings. The fourth-order valence-corrected chi connectivity index (χ4v) is 2.18. The number of hydrogen-bond donors (Lipinski definition) is 1. The highest BCUT2D eigenvalue weighted by Gasteiger charge is 2.25. The Labute approximate surface area is 123 Å². The Bertz CT molecular complexity index is 412. The molecule has 1 aliphatic heterocycles. The van der Waals surface area contributed by atoms with Gasteiger partial charge in [-0.1, -0.05) is 0 Å². The second-order valence-electron chi connectivity index (χ2n) is 4.22. The Morgan fingerprint density at radius 1 is 1.05 bits per heavy atom. The smallest absolute Gasteiger partial charge is 0.166 e. The zero-order valence-corrected chi connectivity index (χ0v) is 12.1. The van der Waals surface area contributed by atoms with Gasteiger partial charge in [0.25, 0.3) is 0 Å². The minimum atomic E-state index is -1.07. The highest BCUT2D eigenvalue weighted by atomic mass is 35.5. The summed E-state index contributed by atoms with van der Waals surface area (Å²) in [5, 5.41) is 3.16. The molecule has 0 aromatic heterocycles. The van der Waals surface area contributed by atoms with E-state index in [1.54, 1.807) is 6.92 Å². The molecule has 0 saturated carbocycles. The van der Waals surface area contributed by atoms with Crippen molar-refractivity contribution in [3.8, 4) is 0 Å². The van der Waals surface area contributed by atoms with Gasteiger partial charge in [-0.3, -0.25) is 4.90 Å². The zero-order valence-electron chi connectivity index (χ0n) is 10.5. The van der Waals surface area contributed by atoms with Crippen molar-refractivity contribution in [3.05, 3.63) is 35.1 Å². The Kier molecular flexibility index (Phi) is 7.74. The lowest BCUT2D eigenvalue weighted by Crippen LogP contribution is -2.44. The summed E-state index contributed by atoms with van der Waals surface area (Å²) in [6.07, 6.45) is 0. The topological polar surface area (TPSA) is 15.3 Å². The highest BCUT2D eigenvalue weighted by Crippen LogP contribution is 2.27. The van der Waals surface area contributed by atoms with Crippen molar-refractivity contribution in [3.63, 3.8) is 0 Å². The predicted molar refractivity (Wildman–Crippen MR) is 73.7 cm³/mol. The van der Waals surface area contributed by atoms with Crippen LogP contribution in [0.1, 0.15) is 18.5 Å². The summed E-state index contributed by atoms with van der Waals surface area (Å²) in [7, 11) is 0. The first-order valence-corrected chi connectivity index (χ1v) is 5.69. The lowest BCUT2D eigenvalue weighted by molar-refractivity contribution is 0.178. The van der Waals surface area contributed by atoms with Crippen LogP contribution in [0.15, 0.2) is 12.1 Å². The van der Waals surface area contributed by atoms with Gasteiger partial charge in [0.2, 0.25) is 0 Å². The SMILES string of the molecule is C[C@H](c1c(F)ccc(F)c1F)N1CCNCC1.Cl.Cl. The highest BCUT2D eigenvalue weighted by molar-refractivity contribution is 5.85. The van der Waals surface area contributed by atoms with Crippen LogP contribution < -0.4 is 5.32 Å². The van der Waals surface area contributed by atoms with Gasteiger partial charge in [0.1, 0.15) is 5.82 Å². The summed E-state index contributed by atoms with van der Waals surface area (Å²) in [5.74, 6) is -2.76. The van der Waals surface area contributed by atoms with Crippen LogP contribution in [0.5, 0.6) is 0 Å². The summed E-state index contributed by atoms with van der Waals surface area (Å²) in [5.41, 5.74) is -0.174. The summed E-state index contributed by atoms with van der Waals surface area (Å²) >= 11 is 0. The third-order valence-corrected chi connectivity index (χ3v) is 3.20. The van der Waals surface area contributed by atoms with Crippen LogP contribution in [-0.2, 0) is 0 Å². The van der Waals surface area contributed by atoms with Crippen LogP contribution in [0.4, 0.5) is 13.2 Å². The fourth-order valence-electron chi connectivity index (χ4n) is 2.18. The third-order valence-electron chi connectivity index (χ3n) is 3.20. The summed E-state index contributed by atoms with van der Waals surface area (Å²) in [6, 6.07) is 1.35. The molecular weight excluding hydrogens is 300 g/mol. The molecule has 7 heteroatoms. The molecule has 0 amide bonds. The molecule has 1 N–H and O–H groups in total. The van der Waals surface area contributed by atoms with E-state index in [0.717, 1.165) is 25.2 Å². The molecule has 2 rings (SSSR count).